The van der Waals surface area contributed by atoms with Gasteiger partial charge >= 0.3 is 27.0 Å². The second-order valence-electron chi connectivity index (χ2n) is 7.13. The van der Waals surface area contributed by atoms with Crippen LogP contribution in [0.1, 0.15) is 35.2 Å². The Morgan fingerprint density at radius 3 is 1.84 bits per heavy atom. The SMILES string of the molecule is CS(=O)(=O)[N-][C@@H](c1ccccc1)[C@@H](NCCCc1ccccc1)c1ccccc1.[Cl][Ru+]. The van der Waals surface area contributed by atoms with Gasteiger partial charge < -0.3 is 10.0 Å². The molecule has 0 amide bonds. The van der Waals surface area contributed by atoms with Crippen LogP contribution in [0, 0.1) is 0 Å². The summed E-state index contributed by atoms with van der Waals surface area (Å²) in [5.74, 6) is 0. The first-order valence-electron chi connectivity index (χ1n) is 9.95. The molecule has 7 heteroatoms. The summed E-state index contributed by atoms with van der Waals surface area (Å²) < 4.78 is 28.3. The number of halogens is 1. The maximum absolute atomic E-state index is 12.1. The molecule has 0 saturated carbocycles. The summed E-state index contributed by atoms with van der Waals surface area (Å²) in [6, 6.07) is 29.2. The molecule has 3 aromatic rings. The molecule has 166 valence electrons. The van der Waals surface area contributed by atoms with Crippen molar-refractivity contribution >= 4 is 19.7 Å². The first-order valence-corrected chi connectivity index (χ1v) is 14.0. The summed E-state index contributed by atoms with van der Waals surface area (Å²) in [6.07, 6.45) is 3.07. The van der Waals surface area contributed by atoms with E-state index >= 15 is 0 Å². The molecule has 0 saturated heterocycles. The Bertz CT molecular complexity index is 974. The topological polar surface area (TPSA) is 60.3 Å². The van der Waals surface area contributed by atoms with Crippen molar-refractivity contribution in [2.24, 2.45) is 0 Å². The Morgan fingerprint density at radius 1 is 0.839 bits per heavy atom. The summed E-state index contributed by atoms with van der Waals surface area (Å²) in [5.41, 5.74) is 3.20. The molecule has 0 heterocycles. The molecular formula is C24H27ClN2O2RuS. The molecule has 0 aliphatic carbocycles. The van der Waals surface area contributed by atoms with Crippen LogP contribution >= 0.6 is 9.69 Å². The van der Waals surface area contributed by atoms with E-state index in [1.807, 2.05) is 96.2 Å². The fourth-order valence-corrected chi connectivity index (χ4v) is 4.09. The first kappa shape index (κ1) is 25.7. The molecule has 0 spiro atoms. The number of nitrogens with one attached hydrogen (secondary N) is 1. The zero-order valence-electron chi connectivity index (χ0n) is 17.3. The van der Waals surface area contributed by atoms with Gasteiger partial charge in [-0.05, 0) is 30.5 Å². The van der Waals surface area contributed by atoms with Gasteiger partial charge in [0, 0.05) is 12.3 Å². The number of sulfonamides is 1. The van der Waals surface area contributed by atoms with E-state index in [1.54, 1.807) is 0 Å². The first-order chi connectivity index (χ1) is 15.0. The molecule has 3 aromatic carbocycles. The molecule has 31 heavy (non-hydrogen) atoms. The van der Waals surface area contributed by atoms with E-state index in [2.05, 4.69) is 31.9 Å². The van der Waals surface area contributed by atoms with E-state index in [4.69, 9.17) is 0 Å². The van der Waals surface area contributed by atoms with E-state index < -0.39 is 16.1 Å². The number of aryl methyl sites for hydroxylation is 1. The van der Waals surface area contributed by atoms with Crippen molar-refractivity contribution in [2.45, 2.75) is 24.9 Å². The number of benzene rings is 3. The number of hydrogen-bond acceptors (Lipinski definition) is 3. The minimum absolute atomic E-state index is 0.232. The fraction of sp³-hybridized carbons (Fsp3) is 0.250. The average Bonchev–Trinajstić information content (AvgIpc) is 2.80. The van der Waals surface area contributed by atoms with Gasteiger partial charge in [-0.3, -0.25) is 0 Å². The van der Waals surface area contributed by atoms with E-state index in [1.165, 1.54) is 5.56 Å². The molecule has 0 unspecified atom stereocenters. The van der Waals surface area contributed by atoms with Crippen molar-refractivity contribution in [1.82, 2.24) is 5.32 Å². The Balaban J connectivity index is 0.00000166. The van der Waals surface area contributed by atoms with Gasteiger partial charge in [0.2, 0.25) is 0 Å². The number of hydrogen-bond donors (Lipinski definition) is 1. The second-order valence-corrected chi connectivity index (χ2v) is 8.80. The van der Waals surface area contributed by atoms with Gasteiger partial charge in [0.15, 0.2) is 0 Å². The summed E-state index contributed by atoms with van der Waals surface area (Å²) >= 11 is 1.82. The monoisotopic (exact) mass is 544 g/mol. The quantitative estimate of drug-likeness (QED) is 0.263. The van der Waals surface area contributed by atoms with Crippen molar-refractivity contribution in [2.75, 3.05) is 12.8 Å². The number of rotatable bonds is 10. The van der Waals surface area contributed by atoms with Crippen LogP contribution < -0.4 is 5.32 Å². The second kappa shape index (κ2) is 13.8. The van der Waals surface area contributed by atoms with Gasteiger partial charge in [-0.1, -0.05) is 103 Å². The van der Waals surface area contributed by atoms with E-state index in [-0.39, 0.29) is 6.04 Å². The third-order valence-electron chi connectivity index (χ3n) is 4.77. The number of nitrogens with zero attached hydrogens (tertiary/aromatic N) is 1. The zero-order valence-corrected chi connectivity index (χ0v) is 20.7. The molecule has 0 fully saturated rings. The summed E-state index contributed by atoms with van der Waals surface area (Å²) in [4.78, 5) is 0. The predicted molar refractivity (Wildman–Crippen MR) is 125 cm³/mol. The van der Waals surface area contributed by atoms with E-state index in [9.17, 15) is 8.42 Å². The molecule has 0 bridgehead atoms. The van der Waals surface area contributed by atoms with Crippen LogP contribution in [-0.2, 0) is 33.8 Å². The molecule has 0 aliphatic rings. The van der Waals surface area contributed by atoms with Crippen LogP contribution in [0.15, 0.2) is 91.0 Å². The predicted octanol–water partition coefficient (Wildman–Crippen LogP) is 5.71. The summed E-state index contributed by atoms with van der Waals surface area (Å²) in [7, 11) is 1.06. The molecule has 0 aromatic heterocycles. The minimum atomic E-state index is -3.51. The van der Waals surface area contributed by atoms with Crippen LogP contribution in [-0.4, -0.2) is 21.2 Å². The average molecular weight is 544 g/mol. The molecule has 1 N–H and O–H groups in total. The van der Waals surface area contributed by atoms with Gasteiger partial charge in [0.05, 0.1) is 10.0 Å². The van der Waals surface area contributed by atoms with Crippen molar-refractivity contribution < 1.29 is 25.7 Å². The maximum atomic E-state index is 12.1. The van der Waals surface area contributed by atoms with Gasteiger partial charge in [0.1, 0.15) is 0 Å². The Labute approximate surface area is 200 Å². The Hall–Kier alpha value is -1.56. The Kier molecular flexibility index (Phi) is 11.4. The third kappa shape index (κ3) is 9.22. The van der Waals surface area contributed by atoms with E-state index in [0.717, 1.165) is 36.8 Å². The van der Waals surface area contributed by atoms with Crippen LogP contribution in [0.25, 0.3) is 4.72 Å². The summed E-state index contributed by atoms with van der Waals surface area (Å²) in [6.45, 7) is 0.761. The van der Waals surface area contributed by atoms with Crippen LogP contribution in [0.2, 0.25) is 0 Å². The third-order valence-corrected chi connectivity index (χ3v) is 5.38. The van der Waals surface area contributed by atoms with Crippen molar-refractivity contribution in [3.05, 3.63) is 112 Å². The summed E-state index contributed by atoms with van der Waals surface area (Å²) in [5, 5.41) is 3.57. The zero-order chi connectivity index (χ0) is 22.5. The van der Waals surface area contributed by atoms with Crippen molar-refractivity contribution in [3.8, 4) is 0 Å². The molecular weight excluding hydrogens is 517 g/mol. The normalized spacial score (nSPS) is 13.0. The van der Waals surface area contributed by atoms with Gasteiger partial charge in [-0.15, -0.1) is 0 Å². The molecule has 3 rings (SSSR count). The van der Waals surface area contributed by atoms with Crippen LogP contribution in [0.5, 0.6) is 0 Å². The van der Waals surface area contributed by atoms with E-state index in [0.29, 0.717) is 0 Å². The Morgan fingerprint density at radius 2 is 1.32 bits per heavy atom. The van der Waals surface area contributed by atoms with Gasteiger partial charge in [-0.25, -0.2) is 8.42 Å². The van der Waals surface area contributed by atoms with Crippen molar-refractivity contribution in [3.63, 3.8) is 0 Å². The molecule has 0 radical (unpaired) electrons. The van der Waals surface area contributed by atoms with Crippen LogP contribution in [0.3, 0.4) is 0 Å². The van der Waals surface area contributed by atoms with Gasteiger partial charge in [-0.2, -0.15) is 0 Å². The molecule has 4 nitrogen and oxygen atoms in total. The van der Waals surface area contributed by atoms with Gasteiger partial charge in [0.25, 0.3) is 0 Å². The standard InChI is InChI=1S/C24H27N2O2S.ClH.Ru/c1-29(27,28)26-24(22-17-9-4-10-18-22)23(21-15-7-3-8-16-21)25-19-11-14-20-12-5-2-6-13-20;;/h2-10,12-13,15-18,23-25H,11,14,19H2,1H3;1H;/q-1;;+2/p-1/t23-,24-;;/m0../s1. The van der Waals surface area contributed by atoms with Crippen LogP contribution in [0.4, 0.5) is 0 Å². The fourth-order valence-electron chi connectivity index (χ4n) is 3.44. The molecule has 0 aliphatic heterocycles. The van der Waals surface area contributed by atoms with Crippen molar-refractivity contribution in [1.29, 1.82) is 0 Å². The molecule has 2 atom stereocenters.